The number of aromatic nitrogens is 2. The van der Waals surface area contributed by atoms with Crippen LogP contribution in [0.4, 0.5) is 15.8 Å². The highest BCUT2D eigenvalue weighted by molar-refractivity contribution is 5.57. The summed E-state index contributed by atoms with van der Waals surface area (Å²) in [6.45, 7) is 11.3. The Labute approximate surface area is 153 Å². The van der Waals surface area contributed by atoms with Crippen molar-refractivity contribution in [2.75, 3.05) is 23.3 Å². The number of benzene rings is 1. The monoisotopic (exact) mass is 362 g/mol. The van der Waals surface area contributed by atoms with Crippen LogP contribution in [0.25, 0.3) is 0 Å². The first-order chi connectivity index (χ1) is 12.3. The molecule has 1 aliphatic heterocycles. The number of hydrogen-bond donors (Lipinski definition) is 1. The van der Waals surface area contributed by atoms with E-state index in [0.29, 0.717) is 36.2 Å². The van der Waals surface area contributed by atoms with E-state index in [9.17, 15) is 4.39 Å². The third kappa shape index (κ3) is 4.15. The van der Waals surface area contributed by atoms with Gasteiger partial charge in [-0.2, -0.15) is 4.98 Å². The van der Waals surface area contributed by atoms with Gasteiger partial charge in [0.1, 0.15) is 11.9 Å². The molecule has 1 N–H and O–H groups in total. The van der Waals surface area contributed by atoms with E-state index >= 15 is 0 Å². The molecule has 0 bridgehead atoms. The van der Waals surface area contributed by atoms with Crippen molar-refractivity contribution < 1.29 is 13.7 Å². The van der Waals surface area contributed by atoms with Crippen molar-refractivity contribution in [2.45, 2.75) is 58.8 Å². The molecular formula is C19H27FN4O2. The Hall–Kier alpha value is -2.15. The molecule has 3 unspecified atom stereocenters. The zero-order valence-electron chi connectivity index (χ0n) is 16.0. The summed E-state index contributed by atoms with van der Waals surface area (Å²) < 4.78 is 25.7. The number of anilines is 2. The minimum atomic E-state index is -0.253. The maximum Gasteiger partial charge on any atom is 0.248 e. The summed E-state index contributed by atoms with van der Waals surface area (Å²) in [5, 5.41) is 7.19. The van der Waals surface area contributed by atoms with Gasteiger partial charge in [-0.3, -0.25) is 0 Å². The summed E-state index contributed by atoms with van der Waals surface area (Å²) in [6, 6.07) is 4.99. The molecule has 26 heavy (non-hydrogen) atoms. The van der Waals surface area contributed by atoms with Gasteiger partial charge in [0.15, 0.2) is 5.82 Å². The summed E-state index contributed by atoms with van der Waals surface area (Å²) in [5.41, 5.74) is 1.28. The normalized spacial score (nSPS) is 21.9. The van der Waals surface area contributed by atoms with Gasteiger partial charge in [-0.25, -0.2) is 4.39 Å². The Kier molecular flexibility index (Phi) is 5.46. The molecule has 142 valence electrons. The zero-order valence-corrected chi connectivity index (χ0v) is 16.0. The van der Waals surface area contributed by atoms with Gasteiger partial charge in [-0.05, 0) is 39.0 Å². The van der Waals surface area contributed by atoms with E-state index < -0.39 is 0 Å². The molecule has 1 saturated heterocycles. The highest BCUT2D eigenvalue weighted by Crippen LogP contribution is 2.28. The first-order valence-electron chi connectivity index (χ1n) is 9.13. The number of ether oxygens (including phenoxy) is 1. The lowest BCUT2D eigenvalue weighted by molar-refractivity contribution is -0.00539. The zero-order chi connectivity index (χ0) is 18.8. The number of halogens is 1. The van der Waals surface area contributed by atoms with E-state index in [2.05, 4.69) is 15.5 Å². The van der Waals surface area contributed by atoms with Crippen molar-refractivity contribution >= 4 is 11.4 Å². The Morgan fingerprint density at radius 2 is 1.88 bits per heavy atom. The maximum atomic E-state index is 14.7. The minimum absolute atomic E-state index is 0.0867. The van der Waals surface area contributed by atoms with Gasteiger partial charge in [0.25, 0.3) is 0 Å². The SMILES string of the molecule is CC1CN(c2ccc(NC(C)c3nc(C(C)C)no3)cc2F)CC(C)O1. The predicted molar refractivity (Wildman–Crippen MR) is 99.0 cm³/mol. The molecule has 7 heteroatoms. The van der Waals surface area contributed by atoms with E-state index in [0.717, 1.165) is 0 Å². The van der Waals surface area contributed by atoms with Crippen LogP contribution in [0, 0.1) is 5.82 Å². The number of nitrogens with one attached hydrogen (secondary N) is 1. The molecule has 0 radical (unpaired) electrons. The fourth-order valence-corrected chi connectivity index (χ4v) is 3.20. The summed E-state index contributed by atoms with van der Waals surface area (Å²) in [6.07, 6.45) is 0.173. The van der Waals surface area contributed by atoms with Crippen molar-refractivity contribution in [1.29, 1.82) is 0 Å². The lowest BCUT2D eigenvalue weighted by atomic mass is 10.1. The quantitative estimate of drug-likeness (QED) is 0.863. The standard InChI is InChI=1S/C19H27FN4O2/c1-11(2)18-22-19(26-23-18)14(5)21-15-6-7-17(16(20)8-15)24-9-12(3)25-13(4)10-24/h6-8,11-14,21H,9-10H2,1-5H3. The Morgan fingerprint density at radius 3 is 2.46 bits per heavy atom. The molecular weight excluding hydrogens is 335 g/mol. The van der Waals surface area contributed by atoms with Gasteiger partial charge in [0, 0.05) is 24.7 Å². The number of morpholine rings is 1. The number of rotatable bonds is 5. The van der Waals surface area contributed by atoms with Gasteiger partial charge < -0.3 is 19.5 Å². The molecule has 2 heterocycles. The van der Waals surface area contributed by atoms with Crippen LogP contribution in [0.15, 0.2) is 22.7 Å². The van der Waals surface area contributed by atoms with Crippen molar-refractivity contribution in [3.8, 4) is 0 Å². The summed E-state index contributed by atoms with van der Waals surface area (Å²) in [7, 11) is 0. The average Bonchev–Trinajstić information content (AvgIpc) is 3.04. The van der Waals surface area contributed by atoms with Gasteiger partial charge in [0.2, 0.25) is 5.89 Å². The molecule has 6 nitrogen and oxygen atoms in total. The second kappa shape index (κ2) is 7.61. The molecule has 1 aromatic heterocycles. The highest BCUT2D eigenvalue weighted by atomic mass is 19.1. The smallest absolute Gasteiger partial charge is 0.248 e. The van der Waals surface area contributed by atoms with Crippen molar-refractivity contribution in [3.05, 3.63) is 35.7 Å². The second-order valence-electron chi connectivity index (χ2n) is 7.34. The molecule has 3 rings (SSSR count). The molecule has 2 aromatic rings. The van der Waals surface area contributed by atoms with Crippen molar-refractivity contribution in [2.24, 2.45) is 0 Å². The lowest BCUT2D eigenvalue weighted by Gasteiger charge is -2.37. The predicted octanol–water partition coefficient (Wildman–Crippen LogP) is 4.12. The Bertz CT molecular complexity index is 739. The van der Waals surface area contributed by atoms with Crippen LogP contribution in [0.2, 0.25) is 0 Å². The maximum absolute atomic E-state index is 14.7. The third-order valence-electron chi connectivity index (χ3n) is 4.44. The average molecular weight is 362 g/mol. The fourth-order valence-electron chi connectivity index (χ4n) is 3.20. The highest BCUT2D eigenvalue weighted by Gasteiger charge is 2.24. The lowest BCUT2D eigenvalue weighted by Crippen LogP contribution is -2.45. The molecule has 3 atom stereocenters. The minimum Gasteiger partial charge on any atom is -0.374 e. The second-order valence-corrected chi connectivity index (χ2v) is 7.34. The van der Waals surface area contributed by atoms with Crippen LogP contribution in [0.3, 0.4) is 0 Å². The van der Waals surface area contributed by atoms with Gasteiger partial charge in [-0.15, -0.1) is 0 Å². The van der Waals surface area contributed by atoms with E-state index in [4.69, 9.17) is 9.26 Å². The van der Waals surface area contributed by atoms with Crippen LogP contribution >= 0.6 is 0 Å². The van der Waals surface area contributed by atoms with Gasteiger partial charge in [-0.1, -0.05) is 19.0 Å². The van der Waals surface area contributed by atoms with Gasteiger partial charge >= 0.3 is 0 Å². The molecule has 0 aliphatic carbocycles. The Morgan fingerprint density at radius 1 is 1.19 bits per heavy atom. The van der Waals surface area contributed by atoms with Crippen LogP contribution in [0.5, 0.6) is 0 Å². The first-order valence-corrected chi connectivity index (χ1v) is 9.13. The number of nitrogens with zero attached hydrogens (tertiary/aromatic N) is 3. The molecule has 0 saturated carbocycles. The van der Waals surface area contributed by atoms with Crippen LogP contribution < -0.4 is 10.2 Å². The molecule has 1 aromatic carbocycles. The summed E-state index contributed by atoms with van der Waals surface area (Å²) in [5.74, 6) is 1.12. The van der Waals surface area contributed by atoms with Crippen molar-refractivity contribution in [3.63, 3.8) is 0 Å². The first kappa shape index (κ1) is 18.6. The largest absolute Gasteiger partial charge is 0.374 e. The van der Waals surface area contributed by atoms with E-state index in [1.165, 1.54) is 6.07 Å². The van der Waals surface area contributed by atoms with Crippen molar-refractivity contribution in [1.82, 2.24) is 10.1 Å². The molecule has 1 aliphatic rings. The fraction of sp³-hybridized carbons (Fsp3) is 0.579. The third-order valence-corrected chi connectivity index (χ3v) is 4.44. The topological polar surface area (TPSA) is 63.4 Å². The summed E-state index contributed by atoms with van der Waals surface area (Å²) in [4.78, 5) is 6.42. The summed E-state index contributed by atoms with van der Waals surface area (Å²) >= 11 is 0. The van der Waals surface area contributed by atoms with Crippen LogP contribution in [-0.4, -0.2) is 35.4 Å². The Balaban J connectivity index is 1.70. The van der Waals surface area contributed by atoms with Crippen LogP contribution in [0.1, 0.15) is 58.3 Å². The van der Waals surface area contributed by atoms with E-state index in [-0.39, 0.29) is 30.0 Å². The number of hydrogen-bond acceptors (Lipinski definition) is 6. The molecule has 0 amide bonds. The van der Waals surface area contributed by atoms with E-state index in [1.807, 2.05) is 51.7 Å². The molecule has 1 fully saturated rings. The van der Waals surface area contributed by atoms with E-state index in [1.54, 1.807) is 0 Å². The van der Waals surface area contributed by atoms with Gasteiger partial charge in [0.05, 0.1) is 17.9 Å². The molecule has 0 spiro atoms. The van der Waals surface area contributed by atoms with Crippen LogP contribution in [-0.2, 0) is 4.74 Å².